The Bertz CT molecular complexity index is 842. The summed E-state index contributed by atoms with van der Waals surface area (Å²) < 4.78 is 5.72. The van der Waals surface area contributed by atoms with Crippen LogP contribution in [0.25, 0.3) is 6.08 Å². The van der Waals surface area contributed by atoms with Crippen LogP contribution in [0.3, 0.4) is 0 Å². The summed E-state index contributed by atoms with van der Waals surface area (Å²) in [5.74, 6) is 0.257. The van der Waals surface area contributed by atoms with Crippen molar-refractivity contribution in [2.45, 2.75) is 13.5 Å². The lowest BCUT2D eigenvalue weighted by Gasteiger charge is -2.08. The molecule has 0 amide bonds. The molecule has 1 heterocycles. The Hall–Kier alpha value is -2.30. The maximum absolute atomic E-state index is 11.5. The minimum atomic E-state index is -0.440. The smallest absolute Gasteiger partial charge is 0.367 e. The van der Waals surface area contributed by atoms with E-state index in [0.29, 0.717) is 33.7 Å². The van der Waals surface area contributed by atoms with Crippen molar-refractivity contribution in [3.8, 4) is 5.75 Å². The van der Waals surface area contributed by atoms with Gasteiger partial charge in [-0.3, -0.25) is 0 Å². The van der Waals surface area contributed by atoms with Gasteiger partial charge in [0.15, 0.2) is 0 Å². The van der Waals surface area contributed by atoms with E-state index in [2.05, 4.69) is 9.99 Å². The zero-order valence-corrected chi connectivity index (χ0v) is 14.3. The van der Waals surface area contributed by atoms with Crippen LogP contribution in [0.1, 0.15) is 18.1 Å². The summed E-state index contributed by atoms with van der Waals surface area (Å²) in [6.45, 7) is 2.07. The van der Waals surface area contributed by atoms with E-state index in [1.54, 1.807) is 25.1 Å². The minimum absolute atomic E-state index is 0.342. The molecule has 0 saturated carbocycles. The van der Waals surface area contributed by atoms with Gasteiger partial charge in [-0.1, -0.05) is 46.6 Å². The monoisotopic (exact) mass is 361 g/mol. The van der Waals surface area contributed by atoms with Gasteiger partial charge in [-0.15, -0.1) is 0 Å². The van der Waals surface area contributed by atoms with E-state index in [4.69, 9.17) is 27.9 Å². The van der Waals surface area contributed by atoms with Crippen molar-refractivity contribution in [3.05, 3.63) is 69.2 Å². The van der Waals surface area contributed by atoms with Crippen LogP contribution < -0.4 is 4.74 Å². The Kier molecular flexibility index (Phi) is 4.88. The summed E-state index contributed by atoms with van der Waals surface area (Å²) in [7, 11) is 0. The number of ether oxygens (including phenoxy) is 1. The second-order valence-electron chi connectivity index (χ2n) is 5.21. The highest BCUT2D eigenvalue weighted by Crippen LogP contribution is 2.23. The number of hydrogen-bond acceptors (Lipinski definition) is 4. The summed E-state index contributed by atoms with van der Waals surface area (Å²) in [4.78, 5) is 16.1. The average molecular weight is 362 g/mol. The summed E-state index contributed by atoms with van der Waals surface area (Å²) in [6, 6.07) is 12.6. The molecule has 0 atom stereocenters. The number of carbonyl (C=O) groups excluding carboxylic acids is 1. The number of benzene rings is 2. The number of carbonyl (C=O) groups is 1. The van der Waals surface area contributed by atoms with Gasteiger partial charge >= 0.3 is 5.97 Å². The molecule has 0 radical (unpaired) electrons. The highest BCUT2D eigenvalue weighted by atomic mass is 35.5. The normalized spacial score (nSPS) is 15.4. The Balaban J connectivity index is 1.68. The topological polar surface area (TPSA) is 47.9 Å². The third-order valence-electron chi connectivity index (χ3n) is 3.48. The van der Waals surface area contributed by atoms with E-state index >= 15 is 0 Å². The fourth-order valence-electron chi connectivity index (χ4n) is 2.15. The average Bonchev–Trinajstić information content (AvgIpc) is 2.87. The number of nitrogens with zero attached hydrogens (tertiary/aromatic N) is 1. The van der Waals surface area contributed by atoms with Gasteiger partial charge in [0, 0.05) is 15.6 Å². The molecule has 122 valence electrons. The molecule has 0 bridgehead atoms. The van der Waals surface area contributed by atoms with Gasteiger partial charge in [0.05, 0.1) is 11.3 Å². The summed E-state index contributed by atoms with van der Waals surface area (Å²) in [6.07, 6.45) is 1.73. The molecular weight excluding hydrogens is 349 g/mol. The highest BCUT2D eigenvalue weighted by Gasteiger charge is 2.21. The molecule has 6 heteroatoms. The Labute approximate surface area is 149 Å². The lowest BCUT2D eigenvalue weighted by Crippen LogP contribution is -2.01. The highest BCUT2D eigenvalue weighted by molar-refractivity contribution is 6.35. The van der Waals surface area contributed by atoms with E-state index in [1.807, 2.05) is 30.3 Å². The van der Waals surface area contributed by atoms with Gasteiger partial charge in [0.1, 0.15) is 12.4 Å². The predicted molar refractivity (Wildman–Crippen MR) is 94.4 cm³/mol. The van der Waals surface area contributed by atoms with Gasteiger partial charge in [0.2, 0.25) is 0 Å². The Morgan fingerprint density at radius 3 is 2.54 bits per heavy atom. The molecule has 1 aliphatic rings. The minimum Gasteiger partial charge on any atom is -0.489 e. The molecule has 2 aromatic rings. The Morgan fingerprint density at radius 2 is 1.92 bits per heavy atom. The van der Waals surface area contributed by atoms with Crippen LogP contribution >= 0.6 is 23.2 Å². The number of halogens is 2. The van der Waals surface area contributed by atoms with Crippen molar-refractivity contribution in [2.24, 2.45) is 5.16 Å². The van der Waals surface area contributed by atoms with Crippen molar-refractivity contribution in [3.63, 3.8) is 0 Å². The van der Waals surface area contributed by atoms with E-state index in [-0.39, 0.29) is 0 Å². The standard InChI is InChI=1S/C18H13Cl2NO3/c1-11-16(18(22)24-21-11)8-12-2-6-15(7-3-12)23-10-13-4-5-14(19)9-17(13)20/h2-9H,10H2,1H3/b16-8-. The zero-order chi connectivity index (χ0) is 17.1. The fourth-order valence-corrected chi connectivity index (χ4v) is 2.61. The SMILES string of the molecule is CC1=NOC(=O)/C1=C\c1ccc(OCc2ccc(Cl)cc2Cl)cc1. The lowest BCUT2D eigenvalue weighted by atomic mass is 10.1. The number of rotatable bonds is 4. The van der Waals surface area contributed by atoms with Gasteiger partial charge in [-0.05, 0) is 42.8 Å². The lowest BCUT2D eigenvalue weighted by molar-refractivity contribution is -0.136. The zero-order valence-electron chi connectivity index (χ0n) is 12.8. The van der Waals surface area contributed by atoms with Crippen LogP contribution in [-0.4, -0.2) is 11.7 Å². The molecule has 4 nitrogen and oxygen atoms in total. The molecule has 24 heavy (non-hydrogen) atoms. The quantitative estimate of drug-likeness (QED) is 0.575. The van der Waals surface area contributed by atoms with Gasteiger partial charge in [-0.25, -0.2) is 4.79 Å². The van der Waals surface area contributed by atoms with E-state index in [9.17, 15) is 4.79 Å². The summed E-state index contributed by atoms with van der Waals surface area (Å²) in [5.41, 5.74) is 2.73. The molecule has 0 saturated heterocycles. The molecule has 0 unspecified atom stereocenters. The number of oxime groups is 1. The van der Waals surface area contributed by atoms with Crippen LogP contribution in [0, 0.1) is 0 Å². The third kappa shape index (κ3) is 3.78. The first-order chi connectivity index (χ1) is 11.5. The van der Waals surface area contributed by atoms with E-state index < -0.39 is 5.97 Å². The van der Waals surface area contributed by atoms with E-state index in [0.717, 1.165) is 11.1 Å². The van der Waals surface area contributed by atoms with Crippen LogP contribution in [0.4, 0.5) is 0 Å². The van der Waals surface area contributed by atoms with Crippen molar-refractivity contribution >= 4 is 41.0 Å². The van der Waals surface area contributed by atoms with Crippen LogP contribution in [0.15, 0.2) is 53.2 Å². The van der Waals surface area contributed by atoms with Gasteiger partial charge in [-0.2, -0.15) is 0 Å². The first kappa shape index (κ1) is 16.6. The maximum atomic E-state index is 11.5. The van der Waals surface area contributed by atoms with Crippen LogP contribution in [-0.2, 0) is 16.2 Å². The molecule has 2 aromatic carbocycles. The molecule has 0 aliphatic carbocycles. The number of hydrogen-bond donors (Lipinski definition) is 0. The van der Waals surface area contributed by atoms with Crippen LogP contribution in [0.5, 0.6) is 5.75 Å². The third-order valence-corrected chi connectivity index (χ3v) is 4.06. The fraction of sp³-hybridized carbons (Fsp3) is 0.111. The molecule has 1 aliphatic heterocycles. The molecule has 0 spiro atoms. The van der Waals surface area contributed by atoms with Gasteiger partial charge < -0.3 is 9.57 Å². The largest absolute Gasteiger partial charge is 0.489 e. The summed E-state index contributed by atoms with van der Waals surface area (Å²) >= 11 is 12.0. The van der Waals surface area contributed by atoms with Crippen molar-refractivity contribution in [1.82, 2.24) is 0 Å². The molecular formula is C18H13Cl2NO3. The molecule has 0 N–H and O–H groups in total. The predicted octanol–water partition coefficient (Wildman–Crippen LogP) is 4.89. The first-order valence-corrected chi connectivity index (χ1v) is 7.93. The molecule has 0 aromatic heterocycles. The molecule has 0 fully saturated rings. The maximum Gasteiger partial charge on any atom is 0.367 e. The van der Waals surface area contributed by atoms with Gasteiger partial charge in [0.25, 0.3) is 0 Å². The van der Waals surface area contributed by atoms with Crippen LogP contribution in [0.2, 0.25) is 10.0 Å². The Morgan fingerprint density at radius 1 is 1.17 bits per heavy atom. The van der Waals surface area contributed by atoms with Crippen molar-refractivity contribution in [2.75, 3.05) is 0 Å². The van der Waals surface area contributed by atoms with Crippen molar-refractivity contribution < 1.29 is 14.4 Å². The van der Waals surface area contributed by atoms with Crippen molar-refractivity contribution in [1.29, 1.82) is 0 Å². The molecule has 3 rings (SSSR count). The summed E-state index contributed by atoms with van der Waals surface area (Å²) in [5, 5.41) is 4.80. The second-order valence-corrected chi connectivity index (χ2v) is 6.05. The van der Waals surface area contributed by atoms with E-state index in [1.165, 1.54) is 0 Å². The first-order valence-electron chi connectivity index (χ1n) is 7.18. The second kappa shape index (κ2) is 7.07.